The minimum absolute atomic E-state index is 0.0889. The van der Waals surface area contributed by atoms with Crippen LogP contribution < -0.4 is 0 Å². The van der Waals surface area contributed by atoms with Gasteiger partial charge in [0.05, 0.1) is 16.6 Å². The summed E-state index contributed by atoms with van der Waals surface area (Å²) in [6.45, 7) is 2.04. The normalized spacial score (nSPS) is 11.9. The van der Waals surface area contributed by atoms with Crippen molar-refractivity contribution in [3.8, 4) is 11.3 Å². The van der Waals surface area contributed by atoms with E-state index in [1.807, 2.05) is 31.2 Å². The number of alkyl halides is 3. The molecule has 0 atom stereocenters. The lowest BCUT2D eigenvalue weighted by Gasteiger charge is -2.11. The van der Waals surface area contributed by atoms with Crippen molar-refractivity contribution >= 4 is 34.4 Å². The molecule has 0 aliphatic rings. The van der Waals surface area contributed by atoms with Crippen molar-refractivity contribution in [2.24, 2.45) is 0 Å². The number of thioether (sulfide) groups is 1. The predicted octanol–water partition coefficient (Wildman–Crippen LogP) is 6.08. The van der Waals surface area contributed by atoms with Gasteiger partial charge in [-0.05, 0) is 30.0 Å². The molecule has 2 nitrogen and oxygen atoms in total. The van der Waals surface area contributed by atoms with Gasteiger partial charge in [-0.15, -0.1) is 11.8 Å². The van der Waals surface area contributed by atoms with Crippen molar-refractivity contribution in [2.45, 2.75) is 18.0 Å². The third-order valence-electron chi connectivity index (χ3n) is 3.39. The number of rotatable bonds is 3. The van der Waals surface area contributed by atoms with Gasteiger partial charge in [0.15, 0.2) is 5.15 Å². The Balaban J connectivity index is 2.16. The number of hydrogen-bond donors (Lipinski definition) is 0. The van der Waals surface area contributed by atoms with Crippen LogP contribution in [0, 0.1) is 0 Å². The molecule has 7 heteroatoms. The Labute approximate surface area is 146 Å². The molecule has 124 valence electrons. The molecule has 0 amide bonds. The molecule has 0 spiro atoms. The molecule has 24 heavy (non-hydrogen) atoms. The molecule has 0 saturated carbocycles. The van der Waals surface area contributed by atoms with Gasteiger partial charge in [-0.25, -0.2) is 9.97 Å². The Morgan fingerprint density at radius 1 is 1.04 bits per heavy atom. The Bertz CT molecular complexity index is 897. The Morgan fingerprint density at radius 2 is 1.79 bits per heavy atom. The lowest BCUT2D eigenvalue weighted by Crippen LogP contribution is -2.05. The molecular formula is C17H12ClF3N2S. The number of aromatic nitrogens is 2. The topological polar surface area (TPSA) is 25.8 Å². The average Bonchev–Trinajstić information content (AvgIpc) is 2.54. The molecule has 0 fully saturated rings. The zero-order valence-corrected chi connectivity index (χ0v) is 14.1. The highest BCUT2D eigenvalue weighted by molar-refractivity contribution is 7.99. The van der Waals surface area contributed by atoms with Crippen LogP contribution in [0.15, 0.2) is 47.4 Å². The van der Waals surface area contributed by atoms with Gasteiger partial charge in [0.2, 0.25) is 0 Å². The lowest BCUT2D eigenvalue weighted by atomic mass is 10.1. The molecule has 3 rings (SSSR count). The summed E-state index contributed by atoms with van der Waals surface area (Å²) < 4.78 is 38.4. The minimum atomic E-state index is -4.43. The summed E-state index contributed by atoms with van der Waals surface area (Å²) in [5.41, 5.74) is 1.03. The molecule has 1 heterocycles. The maximum atomic E-state index is 12.8. The molecule has 0 aliphatic heterocycles. The predicted molar refractivity (Wildman–Crippen MR) is 91.4 cm³/mol. The fraction of sp³-hybridized carbons (Fsp3) is 0.176. The van der Waals surface area contributed by atoms with Crippen LogP contribution in [0.4, 0.5) is 13.2 Å². The Hall–Kier alpha value is -1.79. The molecule has 1 aromatic heterocycles. The summed E-state index contributed by atoms with van der Waals surface area (Å²) >= 11 is 7.85. The van der Waals surface area contributed by atoms with Crippen molar-refractivity contribution in [1.82, 2.24) is 9.97 Å². The van der Waals surface area contributed by atoms with Gasteiger partial charge in [-0.3, -0.25) is 0 Å². The lowest BCUT2D eigenvalue weighted by molar-refractivity contribution is -0.137. The first-order chi connectivity index (χ1) is 11.4. The Kier molecular flexibility index (Phi) is 4.69. The van der Waals surface area contributed by atoms with E-state index < -0.39 is 11.7 Å². The van der Waals surface area contributed by atoms with E-state index in [1.54, 1.807) is 11.8 Å². The van der Waals surface area contributed by atoms with Crippen molar-refractivity contribution in [1.29, 1.82) is 0 Å². The van der Waals surface area contributed by atoms with Crippen LogP contribution in [-0.2, 0) is 6.18 Å². The smallest absolute Gasteiger partial charge is 0.243 e. The average molecular weight is 369 g/mol. The first-order valence-electron chi connectivity index (χ1n) is 7.17. The molecule has 2 aromatic carbocycles. The molecular weight excluding hydrogens is 357 g/mol. The van der Waals surface area contributed by atoms with Crippen LogP contribution in [-0.4, -0.2) is 15.7 Å². The zero-order valence-electron chi connectivity index (χ0n) is 12.6. The highest BCUT2D eigenvalue weighted by Gasteiger charge is 2.30. The summed E-state index contributed by atoms with van der Waals surface area (Å²) in [5.74, 6) is 0.880. The van der Waals surface area contributed by atoms with Crippen LogP contribution >= 0.6 is 23.4 Å². The van der Waals surface area contributed by atoms with Crippen LogP contribution in [0.5, 0.6) is 0 Å². The summed E-state index contributed by atoms with van der Waals surface area (Å²) in [4.78, 5) is 9.56. The van der Waals surface area contributed by atoms with Crippen LogP contribution in [0.2, 0.25) is 5.15 Å². The second kappa shape index (κ2) is 6.61. The van der Waals surface area contributed by atoms with Gasteiger partial charge in [0, 0.05) is 10.5 Å². The van der Waals surface area contributed by atoms with E-state index >= 15 is 0 Å². The van der Waals surface area contributed by atoms with E-state index in [-0.39, 0.29) is 10.7 Å². The quantitative estimate of drug-likeness (QED) is 0.524. The van der Waals surface area contributed by atoms with E-state index in [2.05, 4.69) is 9.97 Å². The van der Waals surface area contributed by atoms with E-state index in [0.717, 1.165) is 28.3 Å². The Morgan fingerprint density at radius 3 is 2.50 bits per heavy atom. The van der Waals surface area contributed by atoms with Gasteiger partial charge >= 0.3 is 6.18 Å². The van der Waals surface area contributed by atoms with Crippen LogP contribution in [0.25, 0.3) is 22.3 Å². The van der Waals surface area contributed by atoms with Crippen molar-refractivity contribution < 1.29 is 13.2 Å². The maximum Gasteiger partial charge on any atom is 0.416 e. The first kappa shape index (κ1) is 17.0. The van der Waals surface area contributed by atoms with E-state index in [9.17, 15) is 13.2 Å². The maximum absolute atomic E-state index is 12.8. The van der Waals surface area contributed by atoms with Crippen molar-refractivity contribution in [3.05, 3.63) is 53.2 Å². The van der Waals surface area contributed by atoms with Gasteiger partial charge in [-0.1, -0.05) is 36.7 Å². The highest BCUT2D eigenvalue weighted by atomic mass is 35.5. The van der Waals surface area contributed by atoms with E-state index in [1.165, 1.54) is 6.07 Å². The SMILES string of the molecule is CCSc1ccccc1-c1nc2ccc(C(F)(F)F)cc2nc1Cl. The molecule has 0 bridgehead atoms. The highest BCUT2D eigenvalue weighted by Crippen LogP contribution is 2.36. The summed E-state index contributed by atoms with van der Waals surface area (Å²) in [7, 11) is 0. The second-order valence-corrected chi connectivity index (χ2v) is 6.66. The molecule has 0 unspecified atom stereocenters. The first-order valence-corrected chi connectivity index (χ1v) is 8.53. The van der Waals surface area contributed by atoms with Crippen LogP contribution in [0.1, 0.15) is 12.5 Å². The molecule has 0 radical (unpaired) electrons. The van der Waals surface area contributed by atoms with Crippen molar-refractivity contribution in [3.63, 3.8) is 0 Å². The number of nitrogens with zero attached hydrogens (tertiary/aromatic N) is 2. The summed E-state index contributed by atoms with van der Waals surface area (Å²) in [6.07, 6.45) is -4.43. The van der Waals surface area contributed by atoms with E-state index in [4.69, 9.17) is 11.6 Å². The number of halogens is 4. The monoisotopic (exact) mass is 368 g/mol. The largest absolute Gasteiger partial charge is 0.416 e. The van der Waals surface area contributed by atoms with Crippen molar-refractivity contribution in [2.75, 3.05) is 5.75 Å². The van der Waals surface area contributed by atoms with Gasteiger partial charge in [0.25, 0.3) is 0 Å². The third-order valence-corrected chi connectivity index (χ3v) is 4.61. The molecule has 0 N–H and O–H groups in total. The van der Waals surface area contributed by atoms with Gasteiger partial charge in [-0.2, -0.15) is 13.2 Å². The standard InChI is InChI=1S/C17H12ClF3N2S/c1-2-24-14-6-4-3-5-11(14)15-16(18)23-13-9-10(17(19,20)21)7-8-12(13)22-15/h3-9H,2H2,1H3. The fourth-order valence-corrected chi connectivity index (χ4v) is 3.37. The van der Waals surface area contributed by atoms with Crippen LogP contribution in [0.3, 0.4) is 0 Å². The van der Waals surface area contributed by atoms with Gasteiger partial charge < -0.3 is 0 Å². The van der Waals surface area contributed by atoms with Gasteiger partial charge in [0.1, 0.15) is 5.69 Å². The number of fused-ring (bicyclic) bond motifs is 1. The second-order valence-electron chi connectivity index (χ2n) is 4.99. The zero-order chi connectivity index (χ0) is 17.3. The fourth-order valence-electron chi connectivity index (χ4n) is 2.32. The molecule has 3 aromatic rings. The summed E-state index contributed by atoms with van der Waals surface area (Å²) in [6, 6.07) is 10.9. The van der Waals surface area contributed by atoms with E-state index in [0.29, 0.717) is 11.2 Å². The number of benzene rings is 2. The summed E-state index contributed by atoms with van der Waals surface area (Å²) in [5, 5.41) is 0.0889. The molecule has 0 saturated heterocycles. The molecule has 0 aliphatic carbocycles. The third kappa shape index (κ3) is 3.35. The number of hydrogen-bond acceptors (Lipinski definition) is 3. The minimum Gasteiger partial charge on any atom is -0.243 e.